The Balaban J connectivity index is 1.56. The Kier molecular flexibility index (Phi) is 8.22. The molecule has 0 atom stereocenters. The molecule has 230 valence electrons. The predicted octanol–water partition coefficient (Wildman–Crippen LogP) is 11.2. The summed E-state index contributed by atoms with van der Waals surface area (Å²) in [5.41, 5.74) is 9.24. The summed E-state index contributed by atoms with van der Waals surface area (Å²) in [4.78, 5) is 12.0. The van der Waals surface area contributed by atoms with Crippen LogP contribution in [0.5, 0.6) is 5.75 Å². The third-order valence-electron chi connectivity index (χ3n) is 8.30. The average molecular weight is 604 g/mol. The molecule has 2 aromatic heterocycles. The van der Waals surface area contributed by atoms with Gasteiger partial charge in [0.15, 0.2) is 0 Å². The normalized spacial score (nSPS) is 11.8. The molecule has 0 radical (unpaired) electrons. The number of nitrogens with zero attached hydrogens (tertiary/aromatic N) is 3. The number of hydrogen-bond donors (Lipinski definition) is 1. The number of phenols is 1. The maximum atomic E-state index is 10.9. The molecule has 0 aliphatic carbocycles. The fraction of sp³-hybridized carbons (Fsp3) is 0.190. The zero-order chi connectivity index (χ0) is 32.5. The molecule has 0 fully saturated rings. The third-order valence-corrected chi connectivity index (χ3v) is 8.30. The number of para-hydroxylation sites is 2. The summed E-state index contributed by atoms with van der Waals surface area (Å²) in [5, 5.41) is 10.9. The third kappa shape index (κ3) is 6.57. The number of pyridine rings is 2. The van der Waals surface area contributed by atoms with Crippen LogP contribution in [-0.2, 0) is 10.8 Å². The highest BCUT2D eigenvalue weighted by molar-refractivity contribution is 5.83. The highest BCUT2D eigenvalue weighted by Gasteiger charge is 2.22. The summed E-state index contributed by atoms with van der Waals surface area (Å²) in [6.45, 7) is 13.6. The molecule has 2 heterocycles. The summed E-state index contributed by atoms with van der Waals surface area (Å²) in [6, 6.07) is 43.2. The average Bonchev–Trinajstić information content (AvgIpc) is 3.05. The highest BCUT2D eigenvalue weighted by Crippen LogP contribution is 2.40. The van der Waals surface area contributed by atoms with Crippen molar-refractivity contribution in [2.75, 3.05) is 4.90 Å². The van der Waals surface area contributed by atoms with E-state index in [0.717, 1.165) is 50.8 Å². The van der Waals surface area contributed by atoms with E-state index in [1.165, 1.54) is 11.1 Å². The van der Waals surface area contributed by atoms with Crippen molar-refractivity contribution in [2.24, 2.45) is 0 Å². The molecule has 0 aliphatic rings. The maximum absolute atomic E-state index is 10.9. The van der Waals surface area contributed by atoms with Crippen molar-refractivity contribution in [1.29, 1.82) is 0 Å². The van der Waals surface area contributed by atoms with Crippen LogP contribution in [0.4, 0.5) is 17.3 Å². The summed E-state index contributed by atoms with van der Waals surface area (Å²) in [7, 11) is 0. The molecule has 1 N–H and O–H groups in total. The number of anilines is 3. The van der Waals surface area contributed by atoms with E-state index >= 15 is 0 Å². The van der Waals surface area contributed by atoms with Crippen molar-refractivity contribution >= 4 is 17.3 Å². The van der Waals surface area contributed by atoms with Crippen molar-refractivity contribution in [3.05, 3.63) is 145 Å². The lowest BCUT2D eigenvalue weighted by atomic mass is 9.78. The lowest BCUT2D eigenvalue weighted by Crippen LogP contribution is -2.16. The largest absolute Gasteiger partial charge is 0.507 e. The first kappa shape index (κ1) is 30.8. The number of rotatable bonds is 6. The molecule has 0 aliphatic heterocycles. The molecule has 0 spiro atoms. The second kappa shape index (κ2) is 12.3. The first-order valence-electron chi connectivity index (χ1n) is 15.8. The molecule has 6 rings (SSSR count). The monoisotopic (exact) mass is 603 g/mol. The second-order valence-electron chi connectivity index (χ2n) is 13.9. The molecule has 4 aromatic carbocycles. The number of aromatic nitrogens is 2. The second-order valence-corrected chi connectivity index (χ2v) is 13.9. The minimum absolute atomic E-state index is 0.0175. The Labute approximate surface area is 273 Å². The van der Waals surface area contributed by atoms with E-state index in [-0.39, 0.29) is 16.6 Å². The molecular formula is C42H41N3O. The van der Waals surface area contributed by atoms with Gasteiger partial charge in [0.2, 0.25) is 0 Å². The number of phenolic OH excluding ortho intramolecular Hbond substituents is 1. The molecule has 0 unspecified atom stereocenters. The topological polar surface area (TPSA) is 49.2 Å². The molecule has 46 heavy (non-hydrogen) atoms. The van der Waals surface area contributed by atoms with Gasteiger partial charge in [-0.25, -0.2) is 9.97 Å². The van der Waals surface area contributed by atoms with E-state index in [1.54, 1.807) is 12.3 Å². The fourth-order valence-electron chi connectivity index (χ4n) is 5.63. The SMILES string of the molecule is CC(C)(C)c1cc(-c2cc(-c3cccc(N(c4ccccc4)c4ccccn4)n3)cc(-c3ccccc3O)c2)cc(C(C)(C)C)c1. The van der Waals surface area contributed by atoms with Crippen molar-refractivity contribution in [3.8, 4) is 39.3 Å². The van der Waals surface area contributed by atoms with Crippen LogP contribution in [0.15, 0.2) is 134 Å². The Hall–Kier alpha value is -5.22. The van der Waals surface area contributed by atoms with Crippen LogP contribution in [-0.4, -0.2) is 15.1 Å². The lowest BCUT2D eigenvalue weighted by Gasteiger charge is -2.26. The van der Waals surface area contributed by atoms with Crippen molar-refractivity contribution in [2.45, 2.75) is 52.4 Å². The molecule has 0 saturated heterocycles. The summed E-state index contributed by atoms with van der Waals surface area (Å²) < 4.78 is 0. The minimum Gasteiger partial charge on any atom is -0.507 e. The Bertz CT molecular complexity index is 1900. The van der Waals surface area contributed by atoms with Crippen LogP contribution in [0.1, 0.15) is 52.7 Å². The minimum atomic E-state index is -0.0175. The van der Waals surface area contributed by atoms with E-state index in [9.17, 15) is 5.11 Å². The van der Waals surface area contributed by atoms with Gasteiger partial charge in [-0.15, -0.1) is 0 Å². The van der Waals surface area contributed by atoms with Gasteiger partial charge in [-0.1, -0.05) is 108 Å². The predicted molar refractivity (Wildman–Crippen MR) is 192 cm³/mol. The van der Waals surface area contributed by atoms with Crippen molar-refractivity contribution in [1.82, 2.24) is 9.97 Å². The van der Waals surface area contributed by atoms with Gasteiger partial charge in [0, 0.05) is 23.0 Å². The molecule has 0 bridgehead atoms. The summed E-state index contributed by atoms with van der Waals surface area (Å²) >= 11 is 0. The summed E-state index contributed by atoms with van der Waals surface area (Å²) in [6.07, 6.45) is 1.80. The quantitative estimate of drug-likeness (QED) is 0.206. The van der Waals surface area contributed by atoms with Crippen molar-refractivity contribution < 1.29 is 5.11 Å². The van der Waals surface area contributed by atoms with Crippen LogP contribution in [0.25, 0.3) is 33.5 Å². The van der Waals surface area contributed by atoms with E-state index < -0.39 is 0 Å². The summed E-state index contributed by atoms with van der Waals surface area (Å²) in [5.74, 6) is 1.80. The van der Waals surface area contributed by atoms with Gasteiger partial charge in [-0.3, -0.25) is 4.90 Å². The van der Waals surface area contributed by atoms with Gasteiger partial charge in [0.05, 0.1) is 5.69 Å². The van der Waals surface area contributed by atoms with Crippen molar-refractivity contribution in [3.63, 3.8) is 0 Å². The van der Waals surface area contributed by atoms with E-state index in [0.29, 0.717) is 0 Å². The standard InChI is InChI=1S/C42H41N3O/c1-41(2,3)33-26-30(27-34(28-33)42(4,5)6)29-23-31(36-17-10-11-19-38(36)46)25-32(24-29)37-18-14-21-40(44-37)45(35-15-8-7-9-16-35)39-20-12-13-22-43-39/h7-28,46H,1-6H3. The smallest absolute Gasteiger partial charge is 0.139 e. The van der Waals surface area contributed by atoms with Gasteiger partial charge >= 0.3 is 0 Å². The Morgan fingerprint density at radius 1 is 0.522 bits per heavy atom. The van der Waals surface area contributed by atoms with Gasteiger partial charge < -0.3 is 5.11 Å². The molecule has 0 saturated carbocycles. The zero-order valence-electron chi connectivity index (χ0n) is 27.5. The maximum Gasteiger partial charge on any atom is 0.139 e. The zero-order valence-corrected chi connectivity index (χ0v) is 27.5. The number of benzene rings is 4. The van der Waals surface area contributed by atoms with E-state index in [1.807, 2.05) is 72.8 Å². The number of hydrogen-bond acceptors (Lipinski definition) is 4. The van der Waals surface area contributed by atoms with Gasteiger partial charge in [-0.05, 0) is 99.3 Å². The van der Waals surface area contributed by atoms with Gasteiger partial charge in [0.1, 0.15) is 17.4 Å². The van der Waals surface area contributed by atoms with E-state index in [4.69, 9.17) is 4.98 Å². The molecule has 6 aromatic rings. The Morgan fingerprint density at radius 2 is 1.11 bits per heavy atom. The van der Waals surface area contributed by atoms with Gasteiger partial charge in [0.25, 0.3) is 0 Å². The molecule has 0 amide bonds. The number of aromatic hydroxyl groups is 1. The first-order chi connectivity index (χ1) is 22.0. The molecule has 4 heteroatoms. The van der Waals surface area contributed by atoms with Crippen LogP contribution >= 0.6 is 0 Å². The van der Waals surface area contributed by atoms with Crippen LogP contribution in [0.3, 0.4) is 0 Å². The molecule has 4 nitrogen and oxygen atoms in total. The van der Waals surface area contributed by atoms with E-state index in [2.05, 4.69) is 100.0 Å². The lowest BCUT2D eigenvalue weighted by molar-refractivity contribution is 0.477. The molecular weight excluding hydrogens is 562 g/mol. The highest BCUT2D eigenvalue weighted by atomic mass is 16.3. The Morgan fingerprint density at radius 3 is 1.76 bits per heavy atom. The fourth-order valence-corrected chi connectivity index (χ4v) is 5.63. The first-order valence-corrected chi connectivity index (χ1v) is 15.8. The van der Waals surface area contributed by atoms with Gasteiger partial charge in [-0.2, -0.15) is 0 Å². The van der Waals surface area contributed by atoms with Crippen LogP contribution < -0.4 is 4.90 Å². The van der Waals surface area contributed by atoms with Crippen LogP contribution in [0.2, 0.25) is 0 Å². The van der Waals surface area contributed by atoms with Crippen LogP contribution in [0, 0.1) is 0 Å².